The first kappa shape index (κ1) is 12.6. The maximum absolute atomic E-state index is 4.64. The lowest BCUT2D eigenvalue weighted by atomic mass is 9.99. The molecule has 0 spiro atoms. The van der Waals surface area contributed by atoms with E-state index in [1.54, 1.807) is 0 Å². The van der Waals surface area contributed by atoms with Gasteiger partial charge in [0.15, 0.2) is 5.65 Å². The van der Waals surface area contributed by atoms with E-state index in [2.05, 4.69) is 43.3 Å². The Hall–Kier alpha value is -1.14. The van der Waals surface area contributed by atoms with E-state index in [9.17, 15) is 0 Å². The van der Waals surface area contributed by atoms with Crippen LogP contribution >= 0.6 is 15.9 Å². The number of rotatable bonds is 2. The third kappa shape index (κ3) is 2.11. The second-order valence-corrected chi connectivity index (χ2v) is 6.85. The van der Waals surface area contributed by atoms with Crippen LogP contribution in [0.5, 0.6) is 0 Å². The largest absolute Gasteiger partial charge is 0.339 e. The van der Waals surface area contributed by atoms with Crippen molar-refractivity contribution in [2.24, 2.45) is 0 Å². The lowest BCUT2D eigenvalue weighted by Crippen LogP contribution is -2.47. The number of halogens is 1. The van der Waals surface area contributed by atoms with Gasteiger partial charge in [-0.3, -0.25) is 0 Å². The predicted octanol–water partition coefficient (Wildman–Crippen LogP) is 2.21. The number of nitrogens with zero attached hydrogens (tertiary/aromatic N) is 4. The van der Waals surface area contributed by atoms with Gasteiger partial charge in [0.25, 0.3) is 0 Å². The standard InChI is InChI=1S/C14H18BrN5/c1-19(12-6-10-3-4-11(7-12)16-10)14-17-13-5-2-9(15)8-20(13)18-14/h2,5,8,10-12,16H,3-4,6-7H2,1H3. The van der Waals surface area contributed by atoms with Crippen molar-refractivity contribution in [1.82, 2.24) is 19.9 Å². The predicted molar refractivity (Wildman–Crippen MR) is 82.1 cm³/mol. The summed E-state index contributed by atoms with van der Waals surface area (Å²) in [5, 5.41) is 8.28. The molecular weight excluding hydrogens is 318 g/mol. The molecular formula is C14H18BrN5. The van der Waals surface area contributed by atoms with Gasteiger partial charge in [-0.05, 0) is 53.7 Å². The summed E-state index contributed by atoms with van der Waals surface area (Å²) < 4.78 is 2.86. The van der Waals surface area contributed by atoms with Crippen LogP contribution in [0.2, 0.25) is 0 Å². The molecule has 4 rings (SSSR count). The molecule has 2 aliphatic heterocycles. The van der Waals surface area contributed by atoms with Crippen molar-refractivity contribution < 1.29 is 0 Å². The molecule has 2 aliphatic rings. The molecule has 6 heteroatoms. The van der Waals surface area contributed by atoms with Gasteiger partial charge in [0, 0.05) is 35.8 Å². The average molecular weight is 336 g/mol. The summed E-state index contributed by atoms with van der Waals surface area (Å²) in [5.41, 5.74) is 0.895. The van der Waals surface area contributed by atoms with Gasteiger partial charge in [-0.15, -0.1) is 5.10 Å². The summed E-state index contributed by atoms with van der Waals surface area (Å²) in [7, 11) is 2.12. The molecule has 2 atom stereocenters. The summed E-state index contributed by atoms with van der Waals surface area (Å²) in [5.74, 6) is 0.828. The number of anilines is 1. The van der Waals surface area contributed by atoms with Crippen LogP contribution in [-0.2, 0) is 0 Å². The Morgan fingerprint density at radius 1 is 1.30 bits per heavy atom. The zero-order valence-electron chi connectivity index (χ0n) is 11.5. The molecule has 0 amide bonds. The molecule has 0 saturated carbocycles. The third-order valence-electron chi connectivity index (χ3n) is 4.60. The van der Waals surface area contributed by atoms with Gasteiger partial charge in [0.1, 0.15) is 0 Å². The van der Waals surface area contributed by atoms with Crippen molar-refractivity contribution in [3.05, 3.63) is 22.8 Å². The van der Waals surface area contributed by atoms with Crippen LogP contribution in [0.15, 0.2) is 22.8 Å². The van der Waals surface area contributed by atoms with E-state index in [4.69, 9.17) is 0 Å². The van der Waals surface area contributed by atoms with Crippen LogP contribution in [-0.4, -0.2) is 39.8 Å². The van der Waals surface area contributed by atoms with E-state index in [1.807, 2.05) is 22.8 Å². The number of piperidine rings is 1. The number of nitrogens with one attached hydrogen (secondary N) is 1. The Balaban J connectivity index is 1.61. The van der Waals surface area contributed by atoms with Crippen LogP contribution in [0.4, 0.5) is 5.95 Å². The number of fused-ring (bicyclic) bond motifs is 3. The molecule has 5 nitrogen and oxygen atoms in total. The lowest BCUT2D eigenvalue weighted by molar-refractivity contribution is 0.353. The molecule has 2 aromatic rings. The van der Waals surface area contributed by atoms with Crippen molar-refractivity contribution in [3.8, 4) is 0 Å². The van der Waals surface area contributed by atoms with Crippen LogP contribution in [0, 0.1) is 0 Å². The average Bonchev–Trinajstić information content (AvgIpc) is 3.00. The topological polar surface area (TPSA) is 45.5 Å². The van der Waals surface area contributed by atoms with E-state index < -0.39 is 0 Å². The normalized spacial score (nSPS) is 29.0. The summed E-state index contributed by atoms with van der Waals surface area (Å²) in [6.45, 7) is 0. The zero-order chi connectivity index (χ0) is 13.7. The fraction of sp³-hybridized carbons (Fsp3) is 0.571. The molecule has 20 heavy (non-hydrogen) atoms. The summed E-state index contributed by atoms with van der Waals surface area (Å²) >= 11 is 3.47. The lowest BCUT2D eigenvalue weighted by Gasteiger charge is -2.34. The van der Waals surface area contributed by atoms with Gasteiger partial charge >= 0.3 is 0 Å². The number of hydrogen-bond acceptors (Lipinski definition) is 4. The third-order valence-corrected chi connectivity index (χ3v) is 5.06. The van der Waals surface area contributed by atoms with E-state index in [0.29, 0.717) is 18.1 Å². The first-order valence-corrected chi connectivity index (χ1v) is 7.99. The van der Waals surface area contributed by atoms with Crippen molar-refractivity contribution in [1.29, 1.82) is 0 Å². The van der Waals surface area contributed by atoms with E-state index in [1.165, 1.54) is 25.7 Å². The highest BCUT2D eigenvalue weighted by Crippen LogP contribution is 2.30. The highest BCUT2D eigenvalue weighted by molar-refractivity contribution is 9.10. The molecule has 0 aliphatic carbocycles. The van der Waals surface area contributed by atoms with Crippen LogP contribution in [0.25, 0.3) is 5.65 Å². The van der Waals surface area contributed by atoms with Crippen LogP contribution < -0.4 is 10.2 Å². The SMILES string of the molecule is CN(c1nc2ccc(Br)cn2n1)C1CC2CCC(C1)N2. The Labute approximate surface area is 126 Å². The first-order chi connectivity index (χ1) is 9.69. The molecule has 2 unspecified atom stereocenters. The number of aromatic nitrogens is 3. The maximum Gasteiger partial charge on any atom is 0.245 e. The minimum absolute atomic E-state index is 0.551. The second kappa shape index (κ2) is 4.70. The fourth-order valence-corrected chi connectivity index (χ4v) is 3.83. The molecule has 4 heterocycles. The van der Waals surface area contributed by atoms with E-state index in [-0.39, 0.29) is 0 Å². The second-order valence-electron chi connectivity index (χ2n) is 5.94. The van der Waals surface area contributed by atoms with E-state index >= 15 is 0 Å². The molecule has 2 aromatic heterocycles. The first-order valence-electron chi connectivity index (χ1n) is 7.20. The van der Waals surface area contributed by atoms with Gasteiger partial charge in [-0.25, -0.2) is 4.52 Å². The molecule has 2 saturated heterocycles. The maximum atomic E-state index is 4.64. The molecule has 2 fully saturated rings. The van der Waals surface area contributed by atoms with Gasteiger partial charge in [-0.2, -0.15) is 4.98 Å². The molecule has 0 aromatic carbocycles. The van der Waals surface area contributed by atoms with E-state index in [0.717, 1.165) is 16.1 Å². The van der Waals surface area contributed by atoms with Crippen LogP contribution in [0.1, 0.15) is 25.7 Å². The minimum Gasteiger partial charge on any atom is -0.339 e. The Bertz CT molecular complexity index is 628. The van der Waals surface area contributed by atoms with Crippen LogP contribution in [0.3, 0.4) is 0 Å². The highest BCUT2D eigenvalue weighted by Gasteiger charge is 2.35. The van der Waals surface area contributed by atoms with Gasteiger partial charge < -0.3 is 10.2 Å². The van der Waals surface area contributed by atoms with Crippen molar-refractivity contribution in [2.45, 2.75) is 43.8 Å². The Morgan fingerprint density at radius 2 is 2.05 bits per heavy atom. The molecule has 1 N–H and O–H groups in total. The van der Waals surface area contributed by atoms with Gasteiger partial charge in [0.2, 0.25) is 5.95 Å². The van der Waals surface area contributed by atoms with Crippen molar-refractivity contribution in [2.75, 3.05) is 11.9 Å². The monoisotopic (exact) mass is 335 g/mol. The molecule has 106 valence electrons. The molecule has 2 bridgehead atoms. The summed E-state index contributed by atoms with van der Waals surface area (Å²) in [6.07, 6.45) is 6.99. The van der Waals surface area contributed by atoms with Crippen molar-refractivity contribution >= 4 is 27.5 Å². The number of hydrogen-bond donors (Lipinski definition) is 1. The summed E-state index contributed by atoms with van der Waals surface area (Å²) in [4.78, 5) is 6.89. The Morgan fingerprint density at radius 3 is 2.80 bits per heavy atom. The smallest absolute Gasteiger partial charge is 0.245 e. The Kier molecular flexibility index (Phi) is 2.96. The minimum atomic E-state index is 0.551. The quantitative estimate of drug-likeness (QED) is 0.913. The highest BCUT2D eigenvalue weighted by atomic mass is 79.9. The summed E-state index contributed by atoms with van der Waals surface area (Å²) in [6, 6.07) is 5.91. The molecule has 0 radical (unpaired) electrons. The fourth-order valence-electron chi connectivity index (χ4n) is 3.50. The van der Waals surface area contributed by atoms with Gasteiger partial charge in [0.05, 0.1) is 0 Å². The zero-order valence-corrected chi connectivity index (χ0v) is 13.0. The number of pyridine rings is 1. The van der Waals surface area contributed by atoms with Gasteiger partial charge in [-0.1, -0.05) is 0 Å². The van der Waals surface area contributed by atoms with Crippen molar-refractivity contribution in [3.63, 3.8) is 0 Å².